The van der Waals surface area contributed by atoms with Gasteiger partial charge in [-0.1, -0.05) is 32.9 Å². The fraction of sp³-hybridized carbons (Fsp3) is 0.833. The topological polar surface area (TPSA) is 20.2 Å². The number of hydrogen-bond acceptors (Lipinski definition) is 1. The minimum absolute atomic E-state index is 0.260. The molecular weight excluding hydrogens is 160 g/mol. The van der Waals surface area contributed by atoms with Gasteiger partial charge in [0, 0.05) is 6.61 Å². The molecule has 0 aromatic heterocycles. The second-order valence-corrected chi connectivity index (χ2v) is 5.64. The zero-order valence-corrected chi connectivity index (χ0v) is 8.93. The standard InChI is InChI=1S/C12H20O/c1-8-5-6-11(2,3)10-9(7-13)12(8,10)4/h9-10,13H,1,5-7H2,2-4H3. The van der Waals surface area contributed by atoms with Crippen molar-refractivity contribution in [1.82, 2.24) is 0 Å². The first-order chi connectivity index (χ1) is 5.94. The van der Waals surface area contributed by atoms with Crippen LogP contribution in [0.2, 0.25) is 0 Å². The predicted octanol–water partition coefficient (Wildman–Crippen LogP) is 2.61. The summed E-state index contributed by atoms with van der Waals surface area (Å²) >= 11 is 0. The highest BCUT2D eigenvalue weighted by Gasteiger charge is 2.68. The van der Waals surface area contributed by atoms with E-state index in [1.165, 1.54) is 12.0 Å². The summed E-state index contributed by atoms with van der Waals surface area (Å²) in [5, 5.41) is 9.31. The van der Waals surface area contributed by atoms with Crippen molar-refractivity contribution in [3.8, 4) is 0 Å². The van der Waals surface area contributed by atoms with Crippen LogP contribution in [0.15, 0.2) is 12.2 Å². The lowest BCUT2D eigenvalue weighted by Gasteiger charge is -2.34. The average Bonchev–Trinajstić information content (AvgIpc) is 2.68. The third-order valence-corrected chi connectivity index (χ3v) is 4.58. The van der Waals surface area contributed by atoms with E-state index < -0.39 is 0 Å². The number of aliphatic hydroxyl groups excluding tert-OH is 1. The molecule has 0 saturated heterocycles. The molecule has 3 unspecified atom stereocenters. The van der Waals surface area contributed by atoms with Crippen LogP contribution in [0.25, 0.3) is 0 Å². The maximum Gasteiger partial charge on any atom is 0.0470 e. The Morgan fingerprint density at radius 1 is 1.46 bits per heavy atom. The Labute approximate surface area is 80.8 Å². The van der Waals surface area contributed by atoms with Gasteiger partial charge in [-0.2, -0.15) is 0 Å². The highest BCUT2D eigenvalue weighted by molar-refractivity contribution is 5.31. The van der Waals surface area contributed by atoms with Gasteiger partial charge in [0.25, 0.3) is 0 Å². The third kappa shape index (κ3) is 0.969. The zero-order valence-electron chi connectivity index (χ0n) is 8.93. The quantitative estimate of drug-likeness (QED) is 0.615. The Morgan fingerprint density at radius 2 is 2.08 bits per heavy atom. The van der Waals surface area contributed by atoms with Gasteiger partial charge in [0.2, 0.25) is 0 Å². The van der Waals surface area contributed by atoms with E-state index in [1.807, 2.05) is 0 Å². The molecule has 0 amide bonds. The van der Waals surface area contributed by atoms with E-state index in [4.69, 9.17) is 0 Å². The second kappa shape index (κ2) is 2.38. The summed E-state index contributed by atoms with van der Waals surface area (Å²) in [5.74, 6) is 1.16. The molecule has 0 bridgehead atoms. The van der Waals surface area contributed by atoms with Crippen molar-refractivity contribution in [3.63, 3.8) is 0 Å². The number of rotatable bonds is 1. The maximum absolute atomic E-state index is 9.31. The normalized spacial score (nSPS) is 47.2. The van der Waals surface area contributed by atoms with Gasteiger partial charge in [0.05, 0.1) is 0 Å². The molecule has 0 aromatic carbocycles. The van der Waals surface area contributed by atoms with Crippen LogP contribution < -0.4 is 0 Å². The smallest absolute Gasteiger partial charge is 0.0470 e. The van der Waals surface area contributed by atoms with Gasteiger partial charge >= 0.3 is 0 Å². The Kier molecular flexibility index (Phi) is 1.70. The van der Waals surface area contributed by atoms with Gasteiger partial charge in [-0.15, -0.1) is 0 Å². The fourth-order valence-corrected chi connectivity index (χ4v) is 3.63. The number of fused-ring (bicyclic) bond motifs is 1. The SMILES string of the molecule is C=C1CCC(C)(C)C2C(CO)C12C. The first kappa shape index (κ1) is 9.26. The monoisotopic (exact) mass is 180 g/mol. The molecule has 2 fully saturated rings. The predicted molar refractivity (Wildman–Crippen MR) is 54.3 cm³/mol. The van der Waals surface area contributed by atoms with Crippen LogP contribution in [0, 0.1) is 22.7 Å². The lowest BCUT2D eigenvalue weighted by Crippen LogP contribution is -2.24. The van der Waals surface area contributed by atoms with E-state index in [1.54, 1.807) is 0 Å². The van der Waals surface area contributed by atoms with Gasteiger partial charge in [0.1, 0.15) is 0 Å². The summed E-state index contributed by atoms with van der Waals surface area (Å²) in [4.78, 5) is 0. The highest BCUT2D eigenvalue weighted by atomic mass is 16.3. The van der Waals surface area contributed by atoms with Gasteiger partial charge < -0.3 is 5.11 Å². The summed E-state index contributed by atoms with van der Waals surface area (Å²) in [7, 11) is 0. The van der Waals surface area contributed by atoms with Crippen molar-refractivity contribution in [3.05, 3.63) is 12.2 Å². The molecule has 0 spiro atoms. The van der Waals surface area contributed by atoms with Crippen molar-refractivity contribution >= 4 is 0 Å². The second-order valence-electron chi connectivity index (χ2n) is 5.64. The van der Waals surface area contributed by atoms with E-state index in [2.05, 4.69) is 27.4 Å². The molecule has 2 rings (SSSR count). The van der Waals surface area contributed by atoms with Crippen LogP contribution in [0.3, 0.4) is 0 Å². The minimum atomic E-state index is 0.260. The maximum atomic E-state index is 9.31. The average molecular weight is 180 g/mol. The number of hydrogen-bond donors (Lipinski definition) is 1. The molecule has 2 aliphatic rings. The molecular formula is C12H20O. The van der Waals surface area contributed by atoms with E-state index in [0.717, 1.165) is 6.42 Å². The van der Waals surface area contributed by atoms with E-state index >= 15 is 0 Å². The summed E-state index contributed by atoms with van der Waals surface area (Å²) in [6.45, 7) is 11.4. The summed E-state index contributed by atoms with van der Waals surface area (Å²) in [6.07, 6.45) is 2.39. The first-order valence-electron chi connectivity index (χ1n) is 5.23. The van der Waals surface area contributed by atoms with Crippen LogP contribution in [-0.4, -0.2) is 11.7 Å². The first-order valence-corrected chi connectivity index (χ1v) is 5.23. The molecule has 74 valence electrons. The van der Waals surface area contributed by atoms with Crippen molar-refractivity contribution in [2.45, 2.75) is 33.6 Å². The molecule has 0 radical (unpaired) electrons. The van der Waals surface area contributed by atoms with Crippen LogP contribution in [-0.2, 0) is 0 Å². The molecule has 2 saturated carbocycles. The van der Waals surface area contributed by atoms with E-state index in [0.29, 0.717) is 23.9 Å². The Balaban J connectivity index is 2.30. The molecule has 1 nitrogen and oxygen atoms in total. The van der Waals surface area contributed by atoms with Gasteiger partial charge in [-0.3, -0.25) is 0 Å². The minimum Gasteiger partial charge on any atom is -0.396 e. The molecule has 3 atom stereocenters. The summed E-state index contributed by atoms with van der Waals surface area (Å²) < 4.78 is 0. The van der Waals surface area contributed by atoms with Crippen molar-refractivity contribution in [2.24, 2.45) is 22.7 Å². The van der Waals surface area contributed by atoms with Crippen molar-refractivity contribution < 1.29 is 5.11 Å². The molecule has 13 heavy (non-hydrogen) atoms. The van der Waals surface area contributed by atoms with Gasteiger partial charge in [-0.25, -0.2) is 0 Å². The summed E-state index contributed by atoms with van der Waals surface area (Å²) in [5.41, 5.74) is 2.04. The Morgan fingerprint density at radius 3 is 2.54 bits per heavy atom. The molecule has 1 N–H and O–H groups in total. The van der Waals surface area contributed by atoms with E-state index in [9.17, 15) is 5.11 Å². The van der Waals surface area contributed by atoms with Gasteiger partial charge in [0.15, 0.2) is 0 Å². The summed E-state index contributed by atoms with van der Waals surface area (Å²) in [6, 6.07) is 0. The number of aliphatic hydroxyl groups is 1. The molecule has 0 aromatic rings. The lowest BCUT2D eigenvalue weighted by atomic mass is 9.71. The molecule has 1 heteroatoms. The molecule has 2 aliphatic carbocycles. The largest absolute Gasteiger partial charge is 0.396 e. The van der Waals surface area contributed by atoms with Crippen LogP contribution in [0.5, 0.6) is 0 Å². The fourth-order valence-electron chi connectivity index (χ4n) is 3.63. The zero-order chi connectivity index (χ0) is 9.85. The van der Waals surface area contributed by atoms with Crippen molar-refractivity contribution in [1.29, 1.82) is 0 Å². The third-order valence-electron chi connectivity index (χ3n) is 4.58. The lowest BCUT2D eigenvalue weighted by molar-refractivity contribution is 0.206. The molecule has 0 heterocycles. The van der Waals surface area contributed by atoms with Crippen molar-refractivity contribution in [2.75, 3.05) is 6.61 Å². The van der Waals surface area contributed by atoms with Crippen LogP contribution in [0.1, 0.15) is 33.6 Å². The highest BCUT2D eigenvalue weighted by Crippen LogP contribution is 2.73. The van der Waals surface area contributed by atoms with Crippen LogP contribution >= 0.6 is 0 Å². The van der Waals surface area contributed by atoms with E-state index in [-0.39, 0.29) is 5.41 Å². The Hall–Kier alpha value is -0.300. The van der Waals surface area contributed by atoms with Gasteiger partial charge in [-0.05, 0) is 35.5 Å². The number of allylic oxidation sites excluding steroid dienone is 1. The van der Waals surface area contributed by atoms with Crippen LogP contribution in [0.4, 0.5) is 0 Å². The Bertz CT molecular complexity index is 254. The molecule has 0 aliphatic heterocycles.